The Morgan fingerprint density at radius 3 is 2.26 bits per heavy atom. The van der Waals surface area contributed by atoms with E-state index in [9.17, 15) is 44.7 Å². The van der Waals surface area contributed by atoms with Crippen molar-refractivity contribution in [2.45, 2.75) is 78.2 Å². The minimum Gasteiger partial charge on any atom is -0.465 e. The van der Waals surface area contributed by atoms with Crippen molar-refractivity contribution in [2.75, 3.05) is 108 Å². The number of anilines is 2. The van der Waals surface area contributed by atoms with Gasteiger partial charge in [0.15, 0.2) is 0 Å². The molecule has 4 aliphatic rings. The van der Waals surface area contributed by atoms with Gasteiger partial charge in [-0.1, -0.05) is 54.4 Å². The Morgan fingerprint density at radius 1 is 0.868 bits per heavy atom. The molecule has 3 atom stereocenters. The van der Waals surface area contributed by atoms with Gasteiger partial charge in [-0.25, -0.2) is 26.4 Å². The highest BCUT2D eigenvalue weighted by atomic mass is 35.5. The summed E-state index contributed by atoms with van der Waals surface area (Å²) in [5.41, 5.74) is -1.51. The van der Waals surface area contributed by atoms with E-state index in [1.165, 1.54) is 39.9 Å². The quantitative estimate of drug-likeness (QED) is 0.0807. The van der Waals surface area contributed by atoms with Crippen LogP contribution < -0.4 is 14.9 Å². The van der Waals surface area contributed by atoms with Crippen LogP contribution >= 0.6 is 23.4 Å². The van der Waals surface area contributed by atoms with Crippen LogP contribution in [0.1, 0.15) is 61.9 Å². The van der Waals surface area contributed by atoms with Crippen molar-refractivity contribution in [1.29, 1.82) is 0 Å². The van der Waals surface area contributed by atoms with Crippen molar-refractivity contribution in [1.82, 2.24) is 24.3 Å². The SMILES string of the molecule is CC1CN(CC2(C)CCC(c3ccc(Cl)cc3)=C(CN3CCN(c4ccc(C(=O)NS(=O)(=O)c5ccc(NC(CCN6CCCOCC6)CSc6ccccc6)c(S(=O)(=O)C(F)(F)F)c5)cc4)CC3)C2)CCN1C(=O)O. The summed E-state index contributed by atoms with van der Waals surface area (Å²) in [4.78, 5) is 34.8. The maximum Gasteiger partial charge on any atom is 0.501 e. The minimum absolute atomic E-state index is 0.000417. The largest absolute Gasteiger partial charge is 0.501 e. The number of benzene rings is 4. The van der Waals surface area contributed by atoms with Crippen molar-refractivity contribution >= 4 is 72.2 Å². The van der Waals surface area contributed by atoms with Gasteiger partial charge in [0.2, 0.25) is 0 Å². The number of sulfonamides is 1. The lowest BCUT2D eigenvalue weighted by molar-refractivity contribution is -0.0436. The molecular formula is C54H67ClF3N7O8S3. The zero-order chi connectivity index (χ0) is 54.3. The topological polar surface area (TPSA) is 172 Å². The lowest BCUT2D eigenvalue weighted by Gasteiger charge is -2.45. The number of hydrogen-bond donors (Lipinski definition) is 3. The van der Waals surface area contributed by atoms with E-state index in [1.54, 1.807) is 12.1 Å². The molecule has 3 N–H and O–H groups in total. The first-order chi connectivity index (χ1) is 36.2. The number of allylic oxidation sites excluding steroid dienone is 1. The maximum atomic E-state index is 14.3. The van der Waals surface area contributed by atoms with Gasteiger partial charge in [0, 0.05) is 124 Å². The average Bonchev–Trinajstić information content (AvgIpc) is 3.68. The number of thioether (sulfide) groups is 1. The highest BCUT2D eigenvalue weighted by Gasteiger charge is 2.49. The molecule has 0 saturated carbocycles. The second-order valence-electron chi connectivity index (χ2n) is 20.5. The second kappa shape index (κ2) is 24.9. The van der Waals surface area contributed by atoms with Crippen molar-refractivity contribution in [3.05, 3.63) is 119 Å². The first-order valence-corrected chi connectivity index (χ1v) is 30.0. The molecule has 0 radical (unpaired) electrons. The number of nitrogens with zero attached hydrogens (tertiary/aromatic N) is 5. The van der Waals surface area contributed by atoms with Gasteiger partial charge in [0.05, 0.1) is 17.2 Å². The summed E-state index contributed by atoms with van der Waals surface area (Å²) in [6, 6.07) is 25.6. The third-order valence-corrected chi connectivity index (χ3v) is 19.1. The second-order valence-corrected chi connectivity index (χ2v) is 25.7. The van der Waals surface area contributed by atoms with Crippen LogP contribution in [0.25, 0.3) is 5.57 Å². The number of hydrogen-bond acceptors (Lipinski definition) is 13. The van der Waals surface area contributed by atoms with Crippen LogP contribution in [-0.2, 0) is 24.6 Å². The fraction of sp³-hybridized carbons (Fsp3) is 0.481. The smallest absolute Gasteiger partial charge is 0.465 e. The molecule has 4 aromatic rings. The number of carboxylic acid groups (broad SMARTS) is 1. The third kappa shape index (κ3) is 14.6. The summed E-state index contributed by atoms with van der Waals surface area (Å²) in [7, 11) is -11.0. The Hall–Kier alpha value is -4.87. The highest BCUT2D eigenvalue weighted by Crippen LogP contribution is 2.44. The maximum absolute atomic E-state index is 14.3. The van der Waals surface area contributed by atoms with Crippen LogP contribution in [-0.4, -0.2) is 169 Å². The van der Waals surface area contributed by atoms with E-state index in [4.69, 9.17) is 16.3 Å². The number of nitrogens with one attached hydrogen (secondary N) is 2. The molecular weight excluding hydrogens is 1060 g/mol. The summed E-state index contributed by atoms with van der Waals surface area (Å²) in [5, 5.41) is 13.3. The first-order valence-electron chi connectivity index (χ1n) is 25.7. The molecule has 76 heavy (non-hydrogen) atoms. The standard InChI is InChI=1S/C54H67ClF3N7O8S3/c1-39-35-63(26-29-65(39)52(67)68)38-53(2)21-19-48(40-9-13-43(55)14-10-40)42(34-53)36-62-24-27-64(28-25-62)45-15-11-41(12-16-45)51(66)60-76(71,72)47-17-18-49(50(33-47)75(69,70)54(56,57)58)59-44(37-74-46-7-4-3-5-8-46)20-23-61-22-6-31-73-32-30-61/h3-5,7-18,33,39,44,59H,6,19-32,34-38H2,1-2H3,(H,60,66)(H,67,68). The first kappa shape index (κ1) is 57.3. The predicted octanol–water partition coefficient (Wildman–Crippen LogP) is 8.89. The van der Waals surface area contributed by atoms with Gasteiger partial charge in [-0.15, -0.1) is 11.8 Å². The van der Waals surface area contributed by atoms with Gasteiger partial charge in [0.1, 0.15) is 4.90 Å². The molecule has 3 heterocycles. The molecule has 3 unspecified atom stereocenters. The molecule has 0 aromatic heterocycles. The molecule has 0 spiro atoms. The van der Waals surface area contributed by atoms with E-state index < -0.39 is 58.9 Å². The van der Waals surface area contributed by atoms with Crippen LogP contribution in [0.3, 0.4) is 0 Å². The Balaban J connectivity index is 0.916. The minimum atomic E-state index is -6.08. The molecule has 1 aliphatic carbocycles. The van der Waals surface area contributed by atoms with Crippen LogP contribution in [0.15, 0.2) is 117 Å². The molecule has 15 nitrogen and oxygen atoms in total. The number of piperazine rings is 2. The Morgan fingerprint density at radius 2 is 1.58 bits per heavy atom. The molecule has 3 saturated heterocycles. The molecule has 3 aliphatic heterocycles. The molecule has 22 heteroatoms. The van der Waals surface area contributed by atoms with Crippen LogP contribution in [0.5, 0.6) is 0 Å². The van der Waals surface area contributed by atoms with Crippen LogP contribution in [0, 0.1) is 5.41 Å². The van der Waals surface area contributed by atoms with Gasteiger partial charge in [0.25, 0.3) is 25.8 Å². The molecule has 3 fully saturated rings. The number of halogens is 4. The highest BCUT2D eigenvalue weighted by molar-refractivity contribution is 7.99. The Bertz CT molecular complexity index is 2910. The summed E-state index contributed by atoms with van der Waals surface area (Å²) < 4.78 is 104. The van der Waals surface area contributed by atoms with Gasteiger partial charge in [-0.05, 0) is 122 Å². The lowest BCUT2D eigenvalue weighted by atomic mass is 9.71. The van der Waals surface area contributed by atoms with E-state index in [0.717, 1.165) is 86.7 Å². The predicted molar refractivity (Wildman–Crippen MR) is 291 cm³/mol. The summed E-state index contributed by atoms with van der Waals surface area (Å²) in [5.74, 6) is -0.688. The van der Waals surface area contributed by atoms with E-state index in [2.05, 4.69) is 44.0 Å². The number of rotatable bonds is 18. The molecule has 4 aromatic carbocycles. The summed E-state index contributed by atoms with van der Waals surface area (Å²) in [6.07, 6.45) is 3.18. The number of carbonyl (C=O) groups excluding carboxylic acids is 1. The van der Waals surface area contributed by atoms with E-state index in [1.807, 2.05) is 54.1 Å². The zero-order valence-corrected chi connectivity index (χ0v) is 46.0. The molecule has 2 amide bonds. The van der Waals surface area contributed by atoms with Crippen molar-refractivity contribution < 1.29 is 49.4 Å². The van der Waals surface area contributed by atoms with Crippen molar-refractivity contribution in [3.63, 3.8) is 0 Å². The van der Waals surface area contributed by atoms with E-state index in [-0.39, 0.29) is 17.0 Å². The summed E-state index contributed by atoms with van der Waals surface area (Å²) >= 11 is 7.74. The van der Waals surface area contributed by atoms with Gasteiger partial charge >= 0.3 is 11.6 Å². The zero-order valence-electron chi connectivity index (χ0n) is 42.8. The molecule has 0 bridgehead atoms. The van der Waals surface area contributed by atoms with Gasteiger partial charge in [-0.2, -0.15) is 13.2 Å². The molecule has 412 valence electrons. The third-order valence-electron chi connectivity index (χ3n) is 14.8. The van der Waals surface area contributed by atoms with Gasteiger partial charge in [-0.3, -0.25) is 14.6 Å². The lowest BCUT2D eigenvalue weighted by Crippen LogP contribution is -2.55. The Labute approximate surface area is 453 Å². The Kier molecular flexibility index (Phi) is 18.7. The van der Waals surface area contributed by atoms with Crippen LogP contribution in [0.2, 0.25) is 5.02 Å². The molecule has 8 rings (SSSR count). The van der Waals surface area contributed by atoms with Crippen LogP contribution in [0.4, 0.5) is 29.3 Å². The number of sulfone groups is 1. The average molecular weight is 1130 g/mol. The summed E-state index contributed by atoms with van der Waals surface area (Å²) in [6.45, 7) is 13.9. The number of alkyl halides is 3. The number of amides is 2. The normalized spacial score (nSPS) is 21.3. The van der Waals surface area contributed by atoms with E-state index in [0.29, 0.717) is 82.3 Å². The number of carbonyl (C=O) groups is 2. The fourth-order valence-corrected chi connectivity index (χ4v) is 13.9. The number of ether oxygens (including phenoxy) is 1. The fourth-order valence-electron chi connectivity index (χ4n) is 10.7. The van der Waals surface area contributed by atoms with Crippen molar-refractivity contribution in [2.24, 2.45) is 5.41 Å². The van der Waals surface area contributed by atoms with Gasteiger partial charge < -0.3 is 29.9 Å². The van der Waals surface area contributed by atoms with Crippen molar-refractivity contribution in [3.8, 4) is 0 Å². The monoisotopic (exact) mass is 1130 g/mol. The van der Waals surface area contributed by atoms with E-state index >= 15 is 0 Å².